The van der Waals surface area contributed by atoms with Crippen LogP contribution < -0.4 is 0 Å². The fourth-order valence-electron chi connectivity index (χ4n) is 1.61. The van der Waals surface area contributed by atoms with Crippen LogP contribution in [0.2, 0.25) is 0 Å². The predicted molar refractivity (Wildman–Crippen MR) is 56.6 cm³/mol. The van der Waals surface area contributed by atoms with E-state index < -0.39 is 0 Å². The number of ether oxygens (including phenoxy) is 1. The van der Waals surface area contributed by atoms with E-state index >= 15 is 0 Å². The second kappa shape index (κ2) is 3.11. The number of hydrogen-bond acceptors (Lipinski definition) is 2. The van der Waals surface area contributed by atoms with Gasteiger partial charge in [-0.3, -0.25) is 4.79 Å². The molecule has 1 saturated heterocycles. The van der Waals surface area contributed by atoms with Gasteiger partial charge in [-0.15, -0.1) is 0 Å². The fraction of sp³-hybridized carbons (Fsp3) is 0.750. The van der Waals surface area contributed by atoms with Gasteiger partial charge >= 0.3 is 5.97 Å². The molecule has 0 spiro atoms. The number of allylic oxidation sites excluding steroid dienone is 1. The van der Waals surface area contributed by atoms with Gasteiger partial charge in [0.1, 0.15) is 11.7 Å². The van der Waals surface area contributed by atoms with E-state index in [1.54, 1.807) is 0 Å². The minimum atomic E-state index is -0.0898. The Labute approximate surface area is 86.3 Å². The van der Waals surface area contributed by atoms with Gasteiger partial charge in [-0.05, 0) is 16.9 Å². The molecule has 0 aromatic carbocycles. The van der Waals surface area contributed by atoms with E-state index in [-0.39, 0.29) is 22.7 Å². The van der Waals surface area contributed by atoms with Crippen molar-refractivity contribution < 1.29 is 9.53 Å². The van der Waals surface area contributed by atoms with Crippen molar-refractivity contribution in [3.63, 3.8) is 0 Å². The van der Waals surface area contributed by atoms with Crippen LogP contribution in [0.3, 0.4) is 0 Å². The van der Waals surface area contributed by atoms with Crippen LogP contribution in [0.1, 0.15) is 41.5 Å². The molecule has 1 aliphatic rings. The molecule has 1 heterocycles. The molecule has 1 fully saturated rings. The van der Waals surface area contributed by atoms with Crippen LogP contribution in [0.5, 0.6) is 0 Å². The molecule has 0 unspecified atom stereocenters. The van der Waals surface area contributed by atoms with Crippen molar-refractivity contribution in [3.05, 3.63) is 11.8 Å². The summed E-state index contributed by atoms with van der Waals surface area (Å²) in [6.07, 6.45) is 2.05. The molecule has 0 radical (unpaired) electrons. The normalized spacial score (nSPS) is 26.0. The molecule has 0 bridgehead atoms. The summed E-state index contributed by atoms with van der Waals surface area (Å²) in [5.41, 5.74) is 0.0337. The van der Waals surface area contributed by atoms with E-state index in [4.69, 9.17) is 4.74 Å². The van der Waals surface area contributed by atoms with Gasteiger partial charge in [-0.2, -0.15) is 0 Å². The summed E-state index contributed by atoms with van der Waals surface area (Å²) in [6, 6.07) is 0. The van der Waals surface area contributed by atoms with Crippen molar-refractivity contribution >= 4 is 5.97 Å². The lowest BCUT2D eigenvalue weighted by atomic mass is 9.75. The number of esters is 1. The Hall–Kier alpha value is -0.790. The van der Waals surface area contributed by atoms with Gasteiger partial charge in [0.05, 0.1) is 0 Å². The summed E-state index contributed by atoms with van der Waals surface area (Å²) in [4.78, 5) is 11.3. The number of carbonyl (C=O) groups is 1. The highest BCUT2D eigenvalue weighted by molar-refractivity contribution is 5.83. The number of cyclic esters (lactones) is 1. The molecule has 0 saturated carbocycles. The van der Waals surface area contributed by atoms with Gasteiger partial charge in [0.25, 0.3) is 0 Å². The second-order valence-electron chi connectivity index (χ2n) is 6.13. The van der Waals surface area contributed by atoms with Crippen molar-refractivity contribution in [3.8, 4) is 0 Å². The van der Waals surface area contributed by atoms with Crippen LogP contribution in [0.4, 0.5) is 0 Å². The molecule has 0 amide bonds. The van der Waals surface area contributed by atoms with Crippen LogP contribution in [-0.4, -0.2) is 5.97 Å². The van der Waals surface area contributed by atoms with E-state index in [2.05, 4.69) is 41.5 Å². The molecule has 80 valence electrons. The van der Waals surface area contributed by atoms with E-state index in [1.807, 2.05) is 6.08 Å². The molecule has 2 nitrogen and oxygen atoms in total. The van der Waals surface area contributed by atoms with Gasteiger partial charge in [-0.1, -0.05) is 41.5 Å². The van der Waals surface area contributed by atoms with Gasteiger partial charge in [0, 0.05) is 0 Å². The standard InChI is InChI=1S/C12H20O2/c1-11(2,3)7-8-9(10(13)14-8)12(4,5)6/h7,9H,1-6H3/b8-7+/t9-/m1/s1. The Balaban J connectivity index is 2.87. The minimum Gasteiger partial charge on any atom is -0.430 e. The second-order valence-corrected chi connectivity index (χ2v) is 6.13. The number of hydrogen-bond donors (Lipinski definition) is 0. The first-order valence-corrected chi connectivity index (χ1v) is 5.06. The summed E-state index contributed by atoms with van der Waals surface area (Å²) in [6.45, 7) is 12.5. The van der Waals surface area contributed by atoms with Gasteiger partial charge in [0.15, 0.2) is 0 Å². The first kappa shape index (κ1) is 11.3. The topological polar surface area (TPSA) is 26.3 Å². The largest absolute Gasteiger partial charge is 0.430 e. The Morgan fingerprint density at radius 1 is 1.14 bits per heavy atom. The third-order valence-electron chi connectivity index (χ3n) is 2.18. The average molecular weight is 196 g/mol. The SMILES string of the molecule is CC(C)(C)/C=C1/OC(=O)[C@@H]1C(C)(C)C. The first-order valence-electron chi connectivity index (χ1n) is 5.06. The molecular weight excluding hydrogens is 176 g/mol. The molecule has 0 aromatic heterocycles. The summed E-state index contributed by atoms with van der Waals surface area (Å²) in [5.74, 6) is 0.699. The third kappa shape index (κ3) is 2.37. The average Bonchev–Trinajstić information content (AvgIpc) is 1.77. The van der Waals surface area contributed by atoms with Crippen molar-refractivity contribution in [2.24, 2.45) is 16.7 Å². The maximum absolute atomic E-state index is 11.3. The van der Waals surface area contributed by atoms with Crippen LogP contribution >= 0.6 is 0 Å². The van der Waals surface area contributed by atoms with Gasteiger partial charge < -0.3 is 4.74 Å². The smallest absolute Gasteiger partial charge is 0.322 e. The zero-order chi connectivity index (χ0) is 11.1. The van der Waals surface area contributed by atoms with Crippen LogP contribution in [0.15, 0.2) is 11.8 Å². The van der Waals surface area contributed by atoms with E-state index in [0.717, 1.165) is 5.76 Å². The summed E-state index contributed by atoms with van der Waals surface area (Å²) >= 11 is 0. The lowest BCUT2D eigenvalue weighted by Crippen LogP contribution is -2.42. The van der Waals surface area contributed by atoms with Crippen molar-refractivity contribution in [1.82, 2.24) is 0 Å². The first-order chi connectivity index (χ1) is 6.11. The molecule has 14 heavy (non-hydrogen) atoms. The Morgan fingerprint density at radius 3 is 1.93 bits per heavy atom. The molecule has 1 aliphatic heterocycles. The lowest BCUT2D eigenvalue weighted by Gasteiger charge is -2.38. The summed E-state index contributed by atoms with van der Waals surface area (Å²) in [5, 5.41) is 0. The van der Waals surface area contributed by atoms with E-state index in [1.165, 1.54) is 0 Å². The van der Waals surface area contributed by atoms with Crippen molar-refractivity contribution in [2.75, 3.05) is 0 Å². The molecule has 1 rings (SSSR count). The Morgan fingerprint density at radius 2 is 1.64 bits per heavy atom. The van der Waals surface area contributed by atoms with Crippen LogP contribution in [0.25, 0.3) is 0 Å². The van der Waals surface area contributed by atoms with Crippen molar-refractivity contribution in [1.29, 1.82) is 0 Å². The molecule has 0 N–H and O–H groups in total. The maximum atomic E-state index is 11.3. The Bertz CT molecular complexity index is 274. The summed E-state index contributed by atoms with van der Waals surface area (Å²) in [7, 11) is 0. The molecule has 2 heteroatoms. The van der Waals surface area contributed by atoms with E-state index in [9.17, 15) is 4.79 Å². The fourth-order valence-corrected chi connectivity index (χ4v) is 1.61. The molecular formula is C12H20O2. The maximum Gasteiger partial charge on any atom is 0.322 e. The monoisotopic (exact) mass is 196 g/mol. The zero-order valence-electron chi connectivity index (χ0n) is 9.97. The summed E-state index contributed by atoms with van der Waals surface area (Å²) < 4.78 is 5.08. The molecule has 1 atom stereocenters. The molecule has 0 aromatic rings. The van der Waals surface area contributed by atoms with Crippen LogP contribution in [-0.2, 0) is 9.53 Å². The highest BCUT2D eigenvalue weighted by Gasteiger charge is 2.46. The van der Waals surface area contributed by atoms with Crippen molar-refractivity contribution in [2.45, 2.75) is 41.5 Å². The number of rotatable bonds is 0. The lowest BCUT2D eigenvalue weighted by molar-refractivity contribution is -0.163. The third-order valence-corrected chi connectivity index (χ3v) is 2.18. The quantitative estimate of drug-likeness (QED) is 0.556. The predicted octanol–water partition coefficient (Wildman–Crippen LogP) is 3.14. The zero-order valence-corrected chi connectivity index (χ0v) is 9.97. The van der Waals surface area contributed by atoms with E-state index in [0.29, 0.717) is 0 Å². The highest BCUT2D eigenvalue weighted by Crippen LogP contribution is 2.42. The minimum absolute atomic E-state index is 0.0353. The number of carbonyl (C=O) groups excluding carboxylic acids is 1. The molecule has 0 aliphatic carbocycles. The highest BCUT2D eigenvalue weighted by atomic mass is 16.6. The van der Waals surface area contributed by atoms with Gasteiger partial charge in [0.2, 0.25) is 0 Å². The van der Waals surface area contributed by atoms with Crippen LogP contribution in [0, 0.1) is 16.7 Å². The Kier molecular flexibility index (Phi) is 2.51. The van der Waals surface area contributed by atoms with Gasteiger partial charge in [-0.25, -0.2) is 0 Å².